The van der Waals surface area contributed by atoms with Crippen LogP contribution < -0.4 is 15.4 Å². The molecule has 9 heteroatoms. The number of benzene rings is 2. The first-order valence-corrected chi connectivity index (χ1v) is 13.9. The highest BCUT2D eigenvalue weighted by atomic mass is 16.5. The molecule has 1 aliphatic rings. The molecule has 4 aromatic rings. The molecular weight excluding hydrogens is 516 g/mol. The van der Waals surface area contributed by atoms with E-state index in [4.69, 9.17) is 4.74 Å². The average molecular weight is 553 g/mol. The highest BCUT2D eigenvalue weighted by Gasteiger charge is 2.26. The van der Waals surface area contributed by atoms with Crippen LogP contribution >= 0.6 is 0 Å². The Morgan fingerprint density at radius 3 is 2.56 bits per heavy atom. The summed E-state index contributed by atoms with van der Waals surface area (Å²) in [6.07, 6.45) is 5.60. The van der Waals surface area contributed by atoms with E-state index < -0.39 is 0 Å². The number of fused-ring (bicyclic) bond motifs is 1. The number of hydrogen-bond donors (Lipinski definition) is 3. The first-order valence-electron chi connectivity index (χ1n) is 13.9. The quantitative estimate of drug-likeness (QED) is 0.239. The number of nitrogens with one attached hydrogen (secondary N) is 3. The van der Waals surface area contributed by atoms with E-state index in [1.54, 1.807) is 7.11 Å². The molecule has 5 rings (SSSR count). The lowest BCUT2D eigenvalue weighted by Crippen LogP contribution is -2.35. The van der Waals surface area contributed by atoms with Crippen LogP contribution in [0.2, 0.25) is 0 Å². The van der Waals surface area contributed by atoms with Gasteiger partial charge in [-0.15, -0.1) is 0 Å². The van der Waals surface area contributed by atoms with Gasteiger partial charge in [0.2, 0.25) is 0 Å². The van der Waals surface area contributed by atoms with E-state index >= 15 is 0 Å². The van der Waals surface area contributed by atoms with Crippen LogP contribution in [0.4, 0.5) is 5.69 Å². The first-order chi connectivity index (χ1) is 19.8. The summed E-state index contributed by atoms with van der Waals surface area (Å²) in [4.78, 5) is 31.6. The Hall–Kier alpha value is -4.63. The zero-order valence-corrected chi connectivity index (χ0v) is 24.2. The molecule has 212 valence electrons. The maximum Gasteiger partial charge on any atom is 0.256 e. The van der Waals surface area contributed by atoms with Crippen molar-refractivity contribution >= 4 is 29.2 Å². The number of nitrogens with zero attached hydrogens (tertiary/aromatic N) is 3. The van der Waals surface area contributed by atoms with E-state index in [-0.39, 0.29) is 11.8 Å². The summed E-state index contributed by atoms with van der Waals surface area (Å²) in [7, 11) is 1.64. The third-order valence-electron chi connectivity index (χ3n) is 7.66. The average Bonchev–Trinajstić information content (AvgIpc) is 3.67. The number of aromatic nitrogens is 3. The lowest BCUT2D eigenvalue weighted by atomic mass is 10.00. The fourth-order valence-electron chi connectivity index (χ4n) is 5.22. The van der Waals surface area contributed by atoms with Gasteiger partial charge < -0.3 is 25.3 Å². The van der Waals surface area contributed by atoms with E-state index in [0.717, 1.165) is 70.4 Å². The van der Waals surface area contributed by atoms with Crippen LogP contribution in [0.15, 0.2) is 54.9 Å². The van der Waals surface area contributed by atoms with E-state index in [0.29, 0.717) is 17.7 Å². The summed E-state index contributed by atoms with van der Waals surface area (Å²) in [5.74, 6) is 0.496. The van der Waals surface area contributed by atoms with Crippen LogP contribution in [-0.4, -0.2) is 64.8 Å². The van der Waals surface area contributed by atoms with Gasteiger partial charge in [0.05, 0.1) is 30.1 Å². The highest BCUT2D eigenvalue weighted by Crippen LogP contribution is 2.37. The van der Waals surface area contributed by atoms with Crippen molar-refractivity contribution < 1.29 is 14.3 Å². The van der Waals surface area contributed by atoms with Crippen LogP contribution in [0.25, 0.3) is 28.5 Å². The molecule has 0 saturated carbocycles. The number of amides is 2. The molecule has 2 aromatic heterocycles. The maximum absolute atomic E-state index is 13.0. The molecular formula is C32H36N6O3. The van der Waals surface area contributed by atoms with E-state index in [1.807, 2.05) is 79.5 Å². The number of carbonyl (C=O) groups is 2. The lowest BCUT2D eigenvalue weighted by Gasteiger charge is -2.18. The maximum atomic E-state index is 13.0. The van der Waals surface area contributed by atoms with E-state index in [2.05, 4.69) is 39.5 Å². The van der Waals surface area contributed by atoms with Crippen LogP contribution in [0.5, 0.6) is 5.75 Å². The van der Waals surface area contributed by atoms with Gasteiger partial charge >= 0.3 is 0 Å². The van der Waals surface area contributed by atoms with Crippen molar-refractivity contribution in [2.75, 3.05) is 38.6 Å². The Bertz CT molecular complexity index is 1610. The Morgan fingerprint density at radius 1 is 1.10 bits per heavy atom. The molecule has 2 aromatic carbocycles. The molecule has 0 spiro atoms. The van der Waals surface area contributed by atoms with Crippen LogP contribution in [0, 0.1) is 13.8 Å². The van der Waals surface area contributed by atoms with Crippen LogP contribution in [-0.2, 0) is 4.79 Å². The van der Waals surface area contributed by atoms with Crippen molar-refractivity contribution in [1.82, 2.24) is 25.0 Å². The molecule has 0 aliphatic carbocycles. The Kier molecular flexibility index (Phi) is 8.07. The second-order valence-corrected chi connectivity index (χ2v) is 10.1. The van der Waals surface area contributed by atoms with Crippen molar-refractivity contribution in [3.63, 3.8) is 0 Å². The zero-order chi connectivity index (χ0) is 29.1. The van der Waals surface area contributed by atoms with E-state index in [9.17, 15) is 9.59 Å². The molecule has 0 bridgehead atoms. The summed E-state index contributed by atoms with van der Waals surface area (Å²) in [6.45, 7) is 11.3. The fraction of sp³-hybridized carbons (Fsp3) is 0.281. The number of ether oxygens (including phenoxy) is 1. The van der Waals surface area contributed by atoms with Gasteiger partial charge in [0.15, 0.2) is 0 Å². The number of likely N-dealkylation sites (N-methyl/N-ethyl adjacent to an activating group) is 1. The molecule has 3 heterocycles. The van der Waals surface area contributed by atoms with Gasteiger partial charge in [-0.2, -0.15) is 5.10 Å². The van der Waals surface area contributed by atoms with E-state index in [1.165, 1.54) is 0 Å². The molecule has 0 unspecified atom stereocenters. The summed E-state index contributed by atoms with van der Waals surface area (Å²) in [5.41, 5.74) is 7.84. The van der Waals surface area contributed by atoms with Crippen molar-refractivity contribution in [2.45, 2.75) is 27.7 Å². The highest BCUT2D eigenvalue weighted by molar-refractivity contribution is 6.35. The molecule has 0 fully saturated rings. The number of rotatable bonds is 10. The standard InChI is InChI=1S/C32H36N6O3/c1-6-37(7-2)15-14-33-32(40)30-20(3)29(35-21(30)4)17-27-26-16-22(8-13-28(26)36-31(27)39)23-18-34-38(19-23)24-9-11-25(41-5)12-10-24/h8-13,16-19,35H,6-7,14-15H2,1-5H3,(H,33,40)(H,36,39)/b27-17-. The minimum absolute atomic E-state index is 0.111. The van der Waals surface area contributed by atoms with Gasteiger partial charge in [0, 0.05) is 47.5 Å². The Labute approximate surface area is 240 Å². The number of carbonyl (C=O) groups excluding carboxylic acids is 2. The summed E-state index contributed by atoms with van der Waals surface area (Å²) in [5, 5.41) is 10.5. The van der Waals surface area contributed by atoms with Crippen molar-refractivity contribution in [3.05, 3.63) is 82.9 Å². The largest absolute Gasteiger partial charge is 0.497 e. The molecule has 0 radical (unpaired) electrons. The number of methoxy groups -OCH3 is 1. The summed E-state index contributed by atoms with van der Waals surface area (Å²) in [6, 6.07) is 13.6. The predicted molar refractivity (Wildman–Crippen MR) is 162 cm³/mol. The number of hydrogen-bond acceptors (Lipinski definition) is 5. The molecule has 3 N–H and O–H groups in total. The molecule has 2 amide bonds. The van der Waals surface area contributed by atoms with Crippen LogP contribution in [0.1, 0.15) is 46.7 Å². The predicted octanol–water partition coefficient (Wildman–Crippen LogP) is 5.06. The van der Waals surface area contributed by atoms with Crippen molar-refractivity contribution in [2.24, 2.45) is 0 Å². The van der Waals surface area contributed by atoms with Crippen molar-refractivity contribution in [1.29, 1.82) is 0 Å². The fourth-order valence-corrected chi connectivity index (χ4v) is 5.22. The molecule has 9 nitrogen and oxygen atoms in total. The van der Waals surface area contributed by atoms with Gasteiger partial charge in [-0.05, 0) is 80.5 Å². The Balaban J connectivity index is 1.40. The number of aryl methyl sites for hydroxylation is 1. The second-order valence-electron chi connectivity index (χ2n) is 10.1. The number of aromatic amines is 1. The van der Waals surface area contributed by atoms with Gasteiger partial charge in [0.1, 0.15) is 5.75 Å². The van der Waals surface area contributed by atoms with Crippen LogP contribution in [0.3, 0.4) is 0 Å². The third-order valence-corrected chi connectivity index (χ3v) is 7.66. The molecule has 41 heavy (non-hydrogen) atoms. The minimum atomic E-state index is -0.178. The summed E-state index contributed by atoms with van der Waals surface area (Å²) >= 11 is 0. The molecule has 0 atom stereocenters. The zero-order valence-electron chi connectivity index (χ0n) is 24.2. The number of H-pyrrole nitrogens is 1. The van der Waals surface area contributed by atoms with Crippen molar-refractivity contribution in [3.8, 4) is 22.6 Å². The van der Waals surface area contributed by atoms with Gasteiger partial charge in [-0.1, -0.05) is 19.9 Å². The SMILES string of the molecule is CCN(CC)CCNC(=O)c1c(C)[nH]c(/C=C2\C(=O)Nc3ccc(-c4cnn(-c5ccc(OC)cc5)c4)cc32)c1C. The van der Waals surface area contributed by atoms with Gasteiger partial charge in [-0.3, -0.25) is 9.59 Å². The van der Waals surface area contributed by atoms with Gasteiger partial charge in [0.25, 0.3) is 11.8 Å². The molecule has 1 aliphatic heterocycles. The number of anilines is 1. The van der Waals surface area contributed by atoms with Gasteiger partial charge in [-0.25, -0.2) is 4.68 Å². The first kappa shape index (κ1) is 27.9. The minimum Gasteiger partial charge on any atom is -0.497 e. The monoisotopic (exact) mass is 552 g/mol. The second kappa shape index (κ2) is 11.9. The normalized spacial score (nSPS) is 13.5. The lowest BCUT2D eigenvalue weighted by molar-refractivity contribution is -0.110. The molecule has 0 saturated heterocycles. The Morgan fingerprint density at radius 2 is 1.85 bits per heavy atom. The smallest absolute Gasteiger partial charge is 0.256 e. The third kappa shape index (κ3) is 5.67. The topological polar surface area (TPSA) is 104 Å². The summed E-state index contributed by atoms with van der Waals surface area (Å²) < 4.78 is 7.06.